The maximum absolute atomic E-state index is 12.5. The molecule has 6 nitrogen and oxygen atoms in total. The van der Waals surface area contributed by atoms with Crippen molar-refractivity contribution in [1.82, 2.24) is 9.55 Å². The van der Waals surface area contributed by atoms with E-state index in [-0.39, 0.29) is 12.5 Å². The zero-order valence-electron chi connectivity index (χ0n) is 15.2. The van der Waals surface area contributed by atoms with Crippen LogP contribution < -0.4 is 11.1 Å². The highest BCUT2D eigenvalue weighted by molar-refractivity contribution is 7.14. The van der Waals surface area contributed by atoms with E-state index in [2.05, 4.69) is 28.5 Å². The van der Waals surface area contributed by atoms with Crippen LogP contribution in [-0.2, 0) is 11.3 Å². The Morgan fingerprint density at radius 2 is 1.83 bits per heavy atom. The summed E-state index contributed by atoms with van der Waals surface area (Å²) in [7, 11) is 0. The minimum atomic E-state index is -0.558. The number of fused-ring (bicyclic) bond motifs is 2. The lowest BCUT2D eigenvalue weighted by Gasteiger charge is -2.04. The van der Waals surface area contributed by atoms with E-state index in [4.69, 9.17) is 4.42 Å². The molecule has 0 atom stereocenters. The summed E-state index contributed by atoms with van der Waals surface area (Å²) < 4.78 is 6.48. The van der Waals surface area contributed by atoms with E-state index < -0.39 is 5.76 Å². The maximum atomic E-state index is 12.5. The van der Waals surface area contributed by atoms with Crippen LogP contribution in [0.15, 0.2) is 81.3 Å². The van der Waals surface area contributed by atoms with Crippen LogP contribution in [0.5, 0.6) is 0 Å². The molecule has 2 aromatic heterocycles. The number of hydrogen-bond donors (Lipinski definition) is 1. The molecule has 0 spiro atoms. The van der Waals surface area contributed by atoms with E-state index in [0.717, 1.165) is 22.0 Å². The Kier molecular flexibility index (Phi) is 4.22. The van der Waals surface area contributed by atoms with E-state index in [1.165, 1.54) is 15.9 Å². The molecule has 5 aromatic rings. The molecule has 0 aliphatic rings. The lowest BCUT2D eigenvalue weighted by atomic mass is 10.0. The van der Waals surface area contributed by atoms with E-state index >= 15 is 0 Å². The lowest BCUT2D eigenvalue weighted by molar-refractivity contribution is -0.116. The number of anilines is 1. The Balaban J connectivity index is 1.39. The first kappa shape index (κ1) is 17.4. The van der Waals surface area contributed by atoms with Gasteiger partial charge in [-0.2, -0.15) is 0 Å². The van der Waals surface area contributed by atoms with Crippen LogP contribution in [0.4, 0.5) is 5.13 Å². The summed E-state index contributed by atoms with van der Waals surface area (Å²) in [4.78, 5) is 29.1. The number of oxazole rings is 1. The molecule has 0 fully saturated rings. The van der Waals surface area contributed by atoms with Gasteiger partial charge < -0.3 is 9.73 Å². The predicted octanol–water partition coefficient (Wildman–Crippen LogP) is 4.51. The van der Waals surface area contributed by atoms with E-state index in [1.807, 2.05) is 29.6 Å². The molecule has 5 rings (SSSR count). The van der Waals surface area contributed by atoms with Crippen molar-refractivity contribution in [3.63, 3.8) is 0 Å². The Morgan fingerprint density at radius 3 is 2.76 bits per heavy atom. The van der Waals surface area contributed by atoms with Gasteiger partial charge >= 0.3 is 5.76 Å². The SMILES string of the molecule is O=C(Cn1c(=O)oc2ccccc21)Nc1nc(-c2cccc3ccccc23)cs1. The van der Waals surface area contributed by atoms with E-state index in [9.17, 15) is 9.59 Å². The first-order chi connectivity index (χ1) is 14.2. The number of benzene rings is 3. The summed E-state index contributed by atoms with van der Waals surface area (Å²) in [6.45, 7) is -0.140. The highest BCUT2D eigenvalue weighted by Gasteiger charge is 2.14. The molecule has 2 heterocycles. The van der Waals surface area contributed by atoms with Crippen LogP contribution in [0, 0.1) is 0 Å². The van der Waals surface area contributed by atoms with Gasteiger partial charge in [-0.05, 0) is 22.9 Å². The van der Waals surface area contributed by atoms with E-state index in [1.54, 1.807) is 24.3 Å². The van der Waals surface area contributed by atoms with Crippen LogP contribution in [0.25, 0.3) is 33.1 Å². The molecule has 1 N–H and O–H groups in total. The molecule has 0 unspecified atom stereocenters. The number of nitrogens with zero attached hydrogens (tertiary/aromatic N) is 2. The Morgan fingerprint density at radius 1 is 1.03 bits per heavy atom. The fourth-order valence-electron chi connectivity index (χ4n) is 3.37. The second-order valence-corrected chi connectivity index (χ2v) is 7.39. The Hall–Kier alpha value is -3.71. The zero-order chi connectivity index (χ0) is 19.8. The third kappa shape index (κ3) is 3.21. The molecule has 0 radical (unpaired) electrons. The molecule has 0 bridgehead atoms. The lowest BCUT2D eigenvalue weighted by Crippen LogP contribution is -2.24. The first-order valence-electron chi connectivity index (χ1n) is 9.01. The highest BCUT2D eigenvalue weighted by Crippen LogP contribution is 2.31. The largest absolute Gasteiger partial charge is 0.420 e. The number of para-hydroxylation sites is 2. The minimum absolute atomic E-state index is 0.140. The van der Waals surface area contributed by atoms with Crippen molar-refractivity contribution in [2.75, 3.05) is 5.32 Å². The van der Waals surface area contributed by atoms with Gasteiger partial charge in [-0.1, -0.05) is 54.6 Å². The summed E-state index contributed by atoms with van der Waals surface area (Å²) in [5.41, 5.74) is 2.85. The second kappa shape index (κ2) is 7.03. The number of carbonyl (C=O) groups is 1. The normalized spacial score (nSPS) is 11.2. The van der Waals surface area contributed by atoms with Crippen LogP contribution >= 0.6 is 11.3 Å². The van der Waals surface area contributed by atoms with Gasteiger partial charge in [0.25, 0.3) is 0 Å². The Bertz CT molecular complexity index is 1410. The molecule has 7 heteroatoms. The molecule has 0 aliphatic heterocycles. The van der Waals surface area contributed by atoms with Crippen molar-refractivity contribution < 1.29 is 9.21 Å². The molecular formula is C22H15N3O3S. The number of rotatable bonds is 4. The minimum Gasteiger partial charge on any atom is -0.408 e. The average molecular weight is 401 g/mol. The molecule has 3 aromatic carbocycles. The summed E-state index contributed by atoms with van der Waals surface area (Å²) in [6.07, 6.45) is 0. The molecule has 142 valence electrons. The van der Waals surface area contributed by atoms with Crippen molar-refractivity contribution >= 4 is 44.2 Å². The van der Waals surface area contributed by atoms with Crippen molar-refractivity contribution in [3.8, 4) is 11.3 Å². The third-order valence-corrected chi connectivity index (χ3v) is 5.45. The topological polar surface area (TPSA) is 77.1 Å². The maximum Gasteiger partial charge on any atom is 0.420 e. The van der Waals surface area contributed by atoms with Gasteiger partial charge in [0.2, 0.25) is 5.91 Å². The smallest absolute Gasteiger partial charge is 0.408 e. The standard InChI is InChI=1S/C22H15N3O3S/c26-20(12-25-18-10-3-4-11-19(18)28-22(25)27)24-21-23-17(13-29-21)16-9-5-7-14-6-1-2-8-15(14)16/h1-11,13H,12H2,(H,23,24,26). The molecular weight excluding hydrogens is 386 g/mol. The van der Waals surface area contributed by atoms with Gasteiger partial charge in [0.1, 0.15) is 6.54 Å². The molecule has 1 amide bonds. The van der Waals surface area contributed by atoms with Gasteiger partial charge in [-0.15, -0.1) is 11.3 Å². The number of nitrogens with one attached hydrogen (secondary N) is 1. The predicted molar refractivity (Wildman–Crippen MR) is 114 cm³/mol. The van der Waals surface area contributed by atoms with Crippen LogP contribution in [0.1, 0.15) is 0 Å². The summed E-state index contributed by atoms with van der Waals surface area (Å²) in [5.74, 6) is -0.894. The molecule has 0 aliphatic carbocycles. The molecule has 0 saturated carbocycles. The van der Waals surface area contributed by atoms with Crippen molar-refractivity contribution in [2.45, 2.75) is 6.54 Å². The van der Waals surface area contributed by atoms with Gasteiger partial charge in [0, 0.05) is 10.9 Å². The van der Waals surface area contributed by atoms with Gasteiger partial charge in [-0.3, -0.25) is 9.36 Å². The van der Waals surface area contributed by atoms with Crippen LogP contribution in [-0.4, -0.2) is 15.5 Å². The van der Waals surface area contributed by atoms with Crippen molar-refractivity contribution in [2.24, 2.45) is 0 Å². The van der Waals surface area contributed by atoms with Crippen LogP contribution in [0.2, 0.25) is 0 Å². The third-order valence-electron chi connectivity index (χ3n) is 4.69. The molecule has 0 saturated heterocycles. The van der Waals surface area contributed by atoms with Crippen molar-refractivity contribution in [1.29, 1.82) is 0 Å². The fourth-order valence-corrected chi connectivity index (χ4v) is 4.10. The summed E-state index contributed by atoms with van der Waals surface area (Å²) >= 11 is 1.35. The monoisotopic (exact) mass is 401 g/mol. The number of carbonyl (C=O) groups excluding carboxylic acids is 1. The quantitative estimate of drug-likeness (QED) is 0.481. The van der Waals surface area contributed by atoms with Gasteiger partial charge in [0.05, 0.1) is 11.2 Å². The number of thiazole rings is 1. The average Bonchev–Trinajstić information content (AvgIpc) is 3.32. The number of aromatic nitrogens is 2. The number of amides is 1. The van der Waals surface area contributed by atoms with Crippen molar-refractivity contribution in [3.05, 3.63) is 82.7 Å². The van der Waals surface area contributed by atoms with Crippen LogP contribution in [0.3, 0.4) is 0 Å². The van der Waals surface area contributed by atoms with Gasteiger partial charge in [0.15, 0.2) is 10.7 Å². The fraction of sp³-hybridized carbons (Fsp3) is 0.0455. The second-order valence-electron chi connectivity index (χ2n) is 6.53. The Labute approximate surface area is 169 Å². The molecule has 29 heavy (non-hydrogen) atoms. The highest BCUT2D eigenvalue weighted by atomic mass is 32.1. The summed E-state index contributed by atoms with van der Waals surface area (Å²) in [6, 6.07) is 21.2. The first-order valence-corrected chi connectivity index (χ1v) is 9.89. The van der Waals surface area contributed by atoms with E-state index in [0.29, 0.717) is 16.2 Å². The zero-order valence-corrected chi connectivity index (χ0v) is 16.0. The van der Waals surface area contributed by atoms with Gasteiger partial charge in [-0.25, -0.2) is 9.78 Å². The number of hydrogen-bond acceptors (Lipinski definition) is 5. The summed E-state index contributed by atoms with van der Waals surface area (Å²) in [5, 5.41) is 7.42.